The first-order valence-corrected chi connectivity index (χ1v) is 13.3. The van der Waals surface area contributed by atoms with Gasteiger partial charge in [0, 0.05) is 23.8 Å². The van der Waals surface area contributed by atoms with E-state index in [0.29, 0.717) is 5.56 Å². The van der Waals surface area contributed by atoms with Crippen molar-refractivity contribution < 1.29 is 69.0 Å². The van der Waals surface area contributed by atoms with E-state index in [1.165, 1.54) is 32.2 Å². The van der Waals surface area contributed by atoms with Crippen molar-refractivity contribution in [3.8, 4) is 34.3 Å². The monoisotopic (exact) mass is 608 g/mol. The lowest BCUT2D eigenvalue weighted by Crippen LogP contribution is -2.61. The van der Waals surface area contributed by atoms with Gasteiger partial charge in [-0.2, -0.15) is 0 Å². The highest BCUT2D eigenvalue weighted by Gasteiger charge is 2.47. The Balaban J connectivity index is 1.36. The van der Waals surface area contributed by atoms with Crippen LogP contribution in [0.25, 0.3) is 22.3 Å². The van der Waals surface area contributed by atoms with Crippen LogP contribution in [-0.2, 0) is 14.2 Å². The highest BCUT2D eigenvalue weighted by Crippen LogP contribution is 2.35. The highest BCUT2D eigenvalue weighted by atomic mass is 16.7. The topological polar surface area (TPSA) is 238 Å². The van der Waals surface area contributed by atoms with Gasteiger partial charge in [-0.3, -0.25) is 4.79 Å². The van der Waals surface area contributed by atoms with Gasteiger partial charge in [0.15, 0.2) is 23.2 Å². The lowest BCUT2D eigenvalue weighted by Gasteiger charge is -2.42. The molecule has 43 heavy (non-hydrogen) atoms. The molecule has 15 heteroatoms. The normalized spacial score (nSPS) is 32.9. The summed E-state index contributed by atoms with van der Waals surface area (Å²) in [5.74, 6) is -0.605. The van der Waals surface area contributed by atoms with Crippen molar-refractivity contribution in [3.63, 3.8) is 0 Å². The van der Waals surface area contributed by atoms with Crippen molar-refractivity contribution in [2.75, 3.05) is 13.7 Å². The summed E-state index contributed by atoms with van der Waals surface area (Å²) in [6.45, 7) is 0.953. The van der Waals surface area contributed by atoms with Crippen LogP contribution >= 0.6 is 0 Å². The molecule has 0 bridgehead atoms. The van der Waals surface area contributed by atoms with E-state index in [0.717, 1.165) is 12.1 Å². The van der Waals surface area contributed by atoms with Gasteiger partial charge in [-0.1, -0.05) is 0 Å². The Kier molecular flexibility index (Phi) is 8.80. The van der Waals surface area contributed by atoms with Crippen LogP contribution in [0.15, 0.2) is 45.6 Å². The molecular formula is C28H32O15. The zero-order valence-electron chi connectivity index (χ0n) is 22.9. The van der Waals surface area contributed by atoms with Crippen LogP contribution < -0.4 is 14.9 Å². The standard InChI is InChI=1S/C28H32O15/c1-10-21(32)23(34)25(36)27(40-10)39-9-19-22(33)24(35)26(37)28(43-19)41-12-6-14(30)20-15(31)8-17(42-18(20)7-12)11-3-4-16(38-2)13(29)5-11/h3-8,10,19,21-30,32-37H,9H2,1-2H3/t10?,19?,21-,22+,23?,24?,25?,26?,27?,28+/m0/s1. The molecule has 0 spiro atoms. The lowest BCUT2D eigenvalue weighted by atomic mass is 9.98. The Hall–Kier alpha value is -3.51. The zero-order valence-corrected chi connectivity index (χ0v) is 22.9. The minimum Gasteiger partial charge on any atom is -0.507 e. The molecule has 234 valence electrons. The van der Waals surface area contributed by atoms with Crippen LogP contribution in [0.1, 0.15) is 6.92 Å². The maximum atomic E-state index is 12.8. The zero-order chi connectivity index (χ0) is 31.2. The van der Waals surface area contributed by atoms with E-state index in [1.807, 2.05) is 0 Å². The molecule has 0 radical (unpaired) electrons. The van der Waals surface area contributed by atoms with Gasteiger partial charge in [0.05, 0.1) is 19.8 Å². The molecule has 2 aliphatic rings. The van der Waals surface area contributed by atoms with E-state index in [9.17, 15) is 45.6 Å². The van der Waals surface area contributed by atoms with Crippen molar-refractivity contribution in [1.82, 2.24) is 0 Å². The van der Waals surface area contributed by atoms with Crippen molar-refractivity contribution in [3.05, 3.63) is 46.6 Å². The number of phenolic OH excluding ortho intramolecular Hbond substituents is 2. The number of fused-ring (bicyclic) bond motifs is 1. The molecule has 7 unspecified atom stereocenters. The van der Waals surface area contributed by atoms with Gasteiger partial charge in [0.2, 0.25) is 6.29 Å². The first-order valence-electron chi connectivity index (χ1n) is 13.3. The molecule has 0 aliphatic carbocycles. The van der Waals surface area contributed by atoms with Gasteiger partial charge < -0.3 is 69.0 Å². The minimum atomic E-state index is -1.78. The quantitative estimate of drug-likeness (QED) is 0.159. The Bertz CT molecular complexity index is 1510. The van der Waals surface area contributed by atoms with E-state index < -0.39 is 79.2 Å². The largest absolute Gasteiger partial charge is 0.507 e. The summed E-state index contributed by atoms with van der Waals surface area (Å²) in [7, 11) is 1.38. The van der Waals surface area contributed by atoms with Crippen molar-refractivity contribution in [2.24, 2.45) is 0 Å². The summed E-state index contributed by atoms with van der Waals surface area (Å²) in [6, 6.07) is 7.78. The minimum absolute atomic E-state index is 0.0517. The number of aliphatic hydroxyl groups is 6. The first kappa shape index (κ1) is 30.9. The van der Waals surface area contributed by atoms with Gasteiger partial charge in [0.1, 0.15) is 71.0 Å². The fourth-order valence-electron chi connectivity index (χ4n) is 4.92. The van der Waals surface area contributed by atoms with Gasteiger partial charge in [-0.25, -0.2) is 0 Å². The molecule has 5 rings (SSSR count). The molecule has 2 fully saturated rings. The van der Waals surface area contributed by atoms with Crippen LogP contribution in [0.3, 0.4) is 0 Å². The SMILES string of the molecule is COc1ccc(-c2cc(=O)c3c(O)cc(O[C@@H]4OC(COC5OC(C)[C@H](O)C(O)C5O)[C@@H](O)C(O)C4O)cc3o2)cc1O. The van der Waals surface area contributed by atoms with Crippen molar-refractivity contribution in [1.29, 1.82) is 0 Å². The summed E-state index contributed by atoms with van der Waals surface area (Å²) in [6.07, 6.45) is -15.0. The van der Waals surface area contributed by atoms with Crippen LogP contribution in [0.4, 0.5) is 0 Å². The van der Waals surface area contributed by atoms with E-state index in [4.69, 9.17) is 28.1 Å². The lowest BCUT2D eigenvalue weighted by molar-refractivity contribution is -0.318. The number of aliphatic hydroxyl groups excluding tert-OH is 6. The third-order valence-electron chi connectivity index (χ3n) is 7.40. The molecule has 2 aromatic carbocycles. The molecule has 8 N–H and O–H groups in total. The second-order valence-corrected chi connectivity index (χ2v) is 10.3. The van der Waals surface area contributed by atoms with E-state index in [-0.39, 0.29) is 34.0 Å². The molecule has 2 aliphatic heterocycles. The maximum absolute atomic E-state index is 12.8. The van der Waals surface area contributed by atoms with Gasteiger partial charge in [0.25, 0.3) is 0 Å². The Morgan fingerprint density at radius 1 is 0.791 bits per heavy atom. The summed E-state index contributed by atoms with van der Waals surface area (Å²) >= 11 is 0. The van der Waals surface area contributed by atoms with E-state index in [1.54, 1.807) is 6.07 Å². The molecule has 10 atom stereocenters. The number of hydrogen-bond donors (Lipinski definition) is 8. The predicted molar refractivity (Wildman–Crippen MR) is 143 cm³/mol. The fourth-order valence-corrected chi connectivity index (χ4v) is 4.92. The average Bonchev–Trinajstić information content (AvgIpc) is 2.97. The summed E-state index contributed by atoms with van der Waals surface area (Å²) in [4.78, 5) is 12.8. The molecule has 15 nitrogen and oxygen atoms in total. The van der Waals surface area contributed by atoms with Gasteiger partial charge in [-0.15, -0.1) is 0 Å². The number of hydrogen-bond acceptors (Lipinski definition) is 15. The third kappa shape index (κ3) is 5.99. The Morgan fingerprint density at radius 3 is 2.19 bits per heavy atom. The van der Waals surface area contributed by atoms with Gasteiger partial charge in [-0.05, 0) is 25.1 Å². The highest BCUT2D eigenvalue weighted by molar-refractivity contribution is 5.86. The molecule has 3 aromatic rings. The third-order valence-corrected chi connectivity index (χ3v) is 7.40. The van der Waals surface area contributed by atoms with Crippen LogP contribution in [0.5, 0.6) is 23.0 Å². The molecule has 3 heterocycles. The number of phenols is 2. The van der Waals surface area contributed by atoms with Crippen LogP contribution in [0.2, 0.25) is 0 Å². The maximum Gasteiger partial charge on any atom is 0.229 e. The molecular weight excluding hydrogens is 576 g/mol. The molecule has 2 saturated heterocycles. The number of rotatable bonds is 7. The molecule has 0 amide bonds. The second kappa shape index (κ2) is 12.2. The van der Waals surface area contributed by atoms with Crippen LogP contribution in [0, 0.1) is 0 Å². The van der Waals surface area contributed by atoms with Crippen LogP contribution in [-0.4, -0.2) is 116 Å². The summed E-state index contributed by atoms with van der Waals surface area (Å²) in [5, 5.41) is 82.0. The number of methoxy groups -OCH3 is 1. The number of aromatic hydroxyl groups is 2. The van der Waals surface area contributed by atoms with E-state index in [2.05, 4.69) is 0 Å². The number of ether oxygens (including phenoxy) is 5. The Morgan fingerprint density at radius 2 is 1.49 bits per heavy atom. The second-order valence-electron chi connectivity index (χ2n) is 10.3. The smallest absolute Gasteiger partial charge is 0.229 e. The Labute approximate surface area is 243 Å². The predicted octanol–water partition coefficient (Wildman–Crippen LogP) is -1.09. The molecule has 1 aromatic heterocycles. The fraction of sp³-hybridized carbons (Fsp3) is 0.464. The first-order chi connectivity index (χ1) is 20.4. The summed E-state index contributed by atoms with van der Waals surface area (Å²) in [5.41, 5.74) is -0.381. The average molecular weight is 609 g/mol. The summed E-state index contributed by atoms with van der Waals surface area (Å²) < 4.78 is 32.9. The number of benzene rings is 2. The van der Waals surface area contributed by atoms with Crippen molar-refractivity contribution >= 4 is 11.0 Å². The van der Waals surface area contributed by atoms with Gasteiger partial charge >= 0.3 is 0 Å². The van der Waals surface area contributed by atoms with Crippen molar-refractivity contribution in [2.45, 2.75) is 68.3 Å². The van der Waals surface area contributed by atoms with E-state index >= 15 is 0 Å². The molecule has 0 saturated carbocycles.